The van der Waals surface area contributed by atoms with Crippen molar-refractivity contribution in [2.75, 3.05) is 5.73 Å². The van der Waals surface area contributed by atoms with Gasteiger partial charge in [-0.2, -0.15) is 0 Å². The normalized spacial score (nSPS) is 21.9. The lowest BCUT2D eigenvalue weighted by Gasteiger charge is -2.11. The van der Waals surface area contributed by atoms with Crippen LogP contribution in [0.4, 0.5) is 5.69 Å². The van der Waals surface area contributed by atoms with E-state index in [0.29, 0.717) is 27.5 Å². The van der Waals surface area contributed by atoms with Crippen LogP contribution in [0.15, 0.2) is 12.1 Å². The third-order valence-corrected chi connectivity index (χ3v) is 4.90. The van der Waals surface area contributed by atoms with Gasteiger partial charge in [-0.3, -0.25) is 0 Å². The van der Waals surface area contributed by atoms with Crippen LogP contribution < -0.4 is 5.73 Å². The maximum absolute atomic E-state index is 6.09. The van der Waals surface area contributed by atoms with Gasteiger partial charge in [-0.25, -0.2) is 4.68 Å². The van der Waals surface area contributed by atoms with Crippen molar-refractivity contribution in [1.29, 1.82) is 0 Å². The zero-order valence-electron chi connectivity index (χ0n) is 11.8. The van der Waals surface area contributed by atoms with Gasteiger partial charge in [0.25, 0.3) is 0 Å². The number of tetrazole rings is 1. The van der Waals surface area contributed by atoms with E-state index >= 15 is 0 Å². The number of aromatic nitrogens is 4. The molecule has 3 rings (SSSR count). The molecule has 0 spiro atoms. The van der Waals surface area contributed by atoms with Crippen molar-refractivity contribution in [3.63, 3.8) is 0 Å². The highest BCUT2D eigenvalue weighted by Crippen LogP contribution is 2.34. The molecule has 2 atom stereocenters. The van der Waals surface area contributed by atoms with Crippen molar-refractivity contribution in [3.8, 4) is 11.4 Å². The first-order valence-corrected chi connectivity index (χ1v) is 7.81. The van der Waals surface area contributed by atoms with Crippen LogP contribution in [0.25, 0.3) is 11.4 Å². The Bertz CT molecular complexity index is 632. The van der Waals surface area contributed by atoms with Crippen LogP contribution in [0.2, 0.25) is 10.0 Å². The van der Waals surface area contributed by atoms with E-state index in [1.54, 1.807) is 12.1 Å². The van der Waals surface area contributed by atoms with Gasteiger partial charge >= 0.3 is 0 Å². The summed E-state index contributed by atoms with van der Waals surface area (Å²) in [6.07, 6.45) is 3.73. The number of halogens is 2. The summed E-state index contributed by atoms with van der Waals surface area (Å²) in [5.74, 6) is 2.10. The molecule has 112 valence electrons. The average molecular weight is 326 g/mol. The lowest BCUT2D eigenvalue weighted by atomic mass is 10.1. The fourth-order valence-corrected chi connectivity index (χ4v) is 3.34. The summed E-state index contributed by atoms with van der Waals surface area (Å²) < 4.78 is 1.84. The first kappa shape index (κ1) is 14.6. The number of anilines is 1. The van der Waals surface area contributed by atoms with Crippen molar-refractivity contribution in [2.24, 2.45) is 11.8 Å². The minimum Gasteiger partial charge on any atom is -0.397 e. The van der Waals surface area contributed by atoms with E-state index in [2.05, 4.69) is 22.4 Å². The van der Waals surface area contributed by atoms with E-state index in [9.17, 15) is 0 Å². The van der Waals surface area contributed by atoms with Crippen LogP contribution in [-0.2, 0) is 6.54 Å². The molecule has 7 heteroatoms. The van der Waals surface area contributed by atoms with E-state index < -0.39 is 0 Å². The average Bonchev–Trinajstić information content (AvgIpc) is 3.05. The Hall–Kier alpha value is -1.33. The largest absolute Gasteiger partial charge is 0.397 e. The first-order chi connectivity index (χ1) is 10.0. The number of nitrogens with zero attached hydrogens (tertiary/aromatic N) is 4. The minimum atomic E-state index is 0.365. The number of hydrogen-bond donors (Lipinski definition) is 1. The van der Waals surface area contributed by atoms with Crippen LogP contribution in [0.5, 0.6) is 0 Å². The molecule has 1 fully saturated rings. The third-order valence-electron chi connectivity index (χ3n) is 4.08. The molecule has 1 aliphatic carbocycles. The molecular weight excluding hydrogens is 309 g/mol. The lowest BCUT2D eigenvalue weighted by Crippen LogP contribution is -2.11. The highest BCUT2D eigenvalue weighted by atomic mass is 35.5. The Morgan fingerprint density at radius 1 is 1.33 bits per heavy atom. The topological polar surface area (TPSA) is 69.6 Å². The Kier molecular flexibility index (Phi) is 4.04. The molecule has 0 bridgehead atoms. The van der Waals surface area contributed by atoms with Crippen LogP contribution in [-0.4, -0.2) is 20.2 Å². The predicted octanol–water partition coefficient (Wildman–Crippen LogP) is 3.67. The van der Waals surface area contributed by atoms with Crippen molar-refractivity contribution in [1.82, 2.24) is 20.2 Å². The fraction of sp³-hybridized carbons (Fsp3) is 0.500. The third kappa shape index (κ3) is 2.99. The van der Waals surface area contributed by atoms with E-state index in [1.165, 1.54) is 19.3 Å². The Morgan fingerprint density at radius 2 is 2.14 bits per heavy atom. The van der Waals surface area contributed by atoms with Crippen molar-refractivity contribution < 1.29 is 0 Å². The number of nitrogens with two attached hydrogens (primary N) is 1. The van der Waals surface area contributed by atoms with Gasteiger partial charge in [0.15, 0.2) is 5.82 Å². The van der Waals surface area contributed by atoms with Crippen molar-refractivity contribution in [3.05, 3.63) is 22.2 Å². The zero-order valence-corrected chi connectivity index (χ0v) is 13.3. The maximum Gasteiger partial charge on any atom is 0.182 e. The summed E-state index contributed by atoms with van der Waals surface area (Å²) >= 11 is 12.1. The molecule has 0 aliphatic heterocycles. The standard InChI is InChI=1S/C14H17Cl2N5/c1-8-2-3-9(4-8)7-21-14(18-19-20-21)10-5-11(15)13(16)12(17)6-10/h5-6,8-9H,2-4,7,17H2,1H3. The molecule has 1 aromatic carbocycles. The quantitative estimate of drug-likeness (QED) is 0.874. The Morgan fingerprint density at radius 3 is 2.81 bits per heavy atom. The van der Waals surface area contributed by atoms with Crippen LogP contribution in [0.1, 0.15) is 26.2 Å². The predicted molar refractivity (Wildman–Crippen MR) is 84.2 cm³/mol. The molecule has 1 aromatic heterocycles. The van der Waals surface area contributed by atoms with Gasteiger partial charge in [-0.1, -0.05) is 36.5 Å². The number of hydrogen-bond acceptors (Lipinski definition) is 4. The molecule has 2 N–H and O–H groups in total. The number of rotatable bonds is 3. The molecule has 0 radical (unpaired) electrons. The smallest absolute Gasteiger partial charge is 0.182 e. The summed E-state index contributed by atoms with van der Waals surface area (Å²) in [5.41, 5.74) is 7.09. The van der Waals surface area contributed by atoms with Gasteiger partial charge in [0.2, 0.25) is 0 Å². The van der Waals surface area contributed by atoms with Crippen LogP contribution in [0.3, 0.4) is 0 Å². The molecule has 1 saturated carbocycles. The summed E-state index contributed by atoms with van der Waals surface area (Å²) in [4.78, 5) is 0. The summed E-state index contributed by atoms with van der Waals surface area (Å²) in [7, 11) is 0. The number of benzene rings is 1. The molecular formula is C14H17Cl2N5. The van der Waals surface area contributed by atoms with Gasteiger partial charge in [-0.05, 0) is 47.2 Å². The molecule has 2 unspecified atom stereocenters. The Labute approximate surface area is 133 Å². The highest BCUT2D eigenvalue weighted by molar-refractivity contribution is 6.43. The van der Waals surface area contributed by atoms with Gasteiger partial charge in [0, 0.05) is 12.1 Å². The summed E-state index contributed by atoms with van der Waals surface area (Å²) in [5, 5.41) is 12.8. The Balaban J connectivity index is 1.88. The molecule has 0 amide bonds. The van der Waals surface area contributed by atoms with Crippen molar-refractivity contribution >= 4 is 28.9 Å². The maximum atomic E-state index is 6.09. The van der Waals surface area contributed by atoms with Gasteiger partial charge in [0.05, 0.1) is 15.7 Å². The minimum absolute atomic E-state index is 0.365. The van der Waals surface area contributed by atoms with Gasteiger partial charge in [0.1, 0.15) is 0 Å². The first-order valence-electron chi connectivity index (χ1n) is 7.05. The lowest BCUT2D eigenvalue weighted by molar-refractivity contribution is 0.412. The molecule has 1 heterocycles. The van der Waals surface area contributed by atoms with Crippen LogP contribution >= 0.6 is 23.2 Å². The van der Waals surface area contributed by atoms with E-state index in [-0.39, 0.29) is 0 Å². The zero-order chi connectivity index (χ0) is 15.0. The summed E-state index contributed by atoms with van der Waals surface area (Å²) in [6, 6.07) is 3.51. The molecule has 5 nitrogen and oxygen atoms in total. The number of nitrogen functional groups attached to an aromatic ring is 1. The fourth-order valence-electron chi connectivity index (χ4n) is 3.01. The second-order valence-electron chi connectivity index (χ2n) is 5.83. The molecule has 1 aliphatic rings. The molecule has 2 aromatic rings. The van der Waals surface area contributed by atoms with E-state index in [0.717, 1.165) is 18.0 Å². The van der Waals surface area contributed by atoms with Crippen molar-refractivity contribution in [2.45, 2.75) is 32.7 Å². The summed E-state index contributed by atoms with van der Waals surface area (Å²) in [6.45, 7) is 3.12. The molecule has 0 saturated heterocycles. The SMILES string of the molecule is CC1CCC(Cn2nnnc2-c2cc(N)c(Cl)c(Cl)c2)C1. The monoisotopic (exact) mass is 325 g/mol. The van der Waals surface area contributed by atoms with Gasteiger partial charge < -0.3 is 5.73 Å². The van der Waals surface area contributed by atoms with E-state index in [1.807, 2.05) is 4.68 Å². The van der Waals surface area contributed by atoms with E-state index in [4.69, 9.17) is 28.9 Å². The highest BCUT2D eigenvalue weighted by Gasteiger charge is 2.23. The molecule has 21 heavy (non-hydrogen) atoms. The van der Waals surface area contributed by atoms with Crippen LogP contribution in [0, 0.1) is 11.8 Å². The van der Waals surface area contributed by atoms with Gasteiger partial charge in [-0.15, -0.1) is 5.10 Å². The second kappa shape index (κ2) is 5.81. The second-order valence-corrected chi connectivity index (χ2v) is 6.62.